The van der Waals surface area contributed by atoms with Crippen LogP contribution in [0.5, 0.6) is 0 Å². The molecule has 0 radical (unpaired) electrons. The number of hydrogen-bond donors (Lipinski definition) is 1. The number of aryl methyl sites for hydroxylation is 3. The molecule has 2 heterocycles. The molecule has 0 saturated carbocycles. The molecule has 4 rings (SSSR count). The van der Waals surface area contributed by atoms with Gasteiger partial charge in [-0.05, 0) is 62.1 Å². The van der Waals surface area contributed by atoms with E-state index in [0.717, 1.165) is 19.4 Å². The summed E-state index contributed by atoms with van der Waals surface area (Å²) in [5.41, 5.74) is 5.78. The lowest BCUT2D eigenvalue weighted by Gasteiger charge is -2.24. The second-order valence-electron chi connectivity index (χ2n) is 7.72. The molecule has 1 aliphatic heterocycles. The van der Waals surface area contributed by atoms with Crippen LogP contribution in [0.3, 0.4) is 0 Å². The molecule has 2 aliphatic rings. The lowest BCUT2D eigenvalue weighted by Crippen LogP contribution is -2.39. The van der Waals surface area contributed by atoms with Gasteiger partial charge in [0.15, 0.2) is 0 Å². The predicted octanol–water partition coefficient (Wildman–Crippen LogP) is 3.35. The van der Waals surface area contributed by atoms with E-state index in [1.807, 2.05) is 17.9 Å². The molecule has 1 N–H and O–H groups in total. The number of nitrogens with one attached hydrogen (secondary N) is 1. The number of hydrogen-bond acceptors (Lipinski definition) is 3. The van der Waals surface area contributed by atoms with Crippen LogP contribution < -0.4 is 5.32 Å². The van der Waals surface area contributed by atoms with Gasteiger partial charge in [-0.15, -0.1) is 0 Å². The zero-order chi connectivity index (χ0) is 17.2. The monoisotopic (exact) mass is 339 g/mol. The fraction of sp³-hybridized carbons (Fsp3) is 0.571. The third kappa shape index (κ3) is 3.80. The lowest BCUT2D eigenvalue weighted by atomic mass is 9.89. The van der Waals surface area contributed by atoms with Crippen molar-refractivity contribution < 1.29 is 4.74 Å². The standard InChI is InChI=1S/C21H29N3O/c1-15(11-16-7-8-17-5-3-4-6-18(17)12-16)23-20-9-10-25-21(20)19-13-22-24(2)14-19/h7-8,12-15,20-21,23H,3-6,9-11H2,1-2H3/t15?,20-,21+/m1/s1. The quantitative estimate of drug-likeness (QED) is 0.908. The minimum absolute atomic E-state index is 0.125. The van der Waals surface area contributed by atoms with E-state index in [1.54, 1.807) is 11.1 Å². The molecule has 4 heteroatoms. The van der Waals surface area contributed by atoms with Crippen molar-refractivity contribution in [3.63, 3.8) is 0 Å². The number of rotatable bonds is 5. The minimum Gasteiger partial charge on any atom is -0.372 e. The molecule has 1 fully saturated rings. The van der Waals surface area contributed by atoms with Crippen LogP contribution in [-0.4, -0.2) is 28.5 Å². The van der Waals surface area contributed by atoms with Gasteiger partial charge in [0.2, 0.25) is 0 Å². The number of ether oxygens (including phenoxy) is 1. The van der Waals surface area contributed by atoms with Crippen LogP contribution in [0.4, 0.5) is 0 Å². The van der Waals surface area contributed by atoms with Gasteiger partial charge < -0.3 is 10.1 Å². The van der Waals surface area contributed by atoms with E-state index >= 15 is 0 Å². The van der Waals surface area contributed by atoms with Crippen LogP contribution in [0.15, 0.2) is 30.6 Å². The molecular weight excluding hydrogens is 310 g/mol. The van der Waals surface area contributed by atoms with Crippen molar-refractivity contribution in [2.45, 2.75) is 63.6 Å². The van der Waals surface area contributed by atoms with Gasteiger partial charge >= 0.3 is 0 Å². The smallest absolute Gasteiger partial charge is 0.101 e. The molecule has 1 aromatic heterocycles. The first kappa shape index (κ1) is 16.8. The van der Waals surface area contributed by atoms with Crippen LogP contribution in [0.25, 0.3) is 0 Å². The molecule has 0 amide bonds. The third-order valence-electron chi connectivity index (χ3n) is 5.60. The summed E-state index contributed by atoms with van der Waals surface area (Å²) in [5.74, 6) is 0. The average Bonchev–Trinajstić information content (AvgIpc) is 3.23. The van der Waals surface area contributed by atoms with Gasteiger partial charge in [-0.25, -0.2) is 0 Å². The Morgan fingerprint density at radius 1 is 1.28 bits per heavy atom. The summed E-state index contributed by atoms with van der Waals surface area (Å²) in [5, 5.41) is 8.10. The SMILES string of the molecule is CC(Cc1ccc2c(c1)CCCC2)N[C@@H]1CCO[C@H]1c1cnn(C)c1. The summed E-state index contributed by atoms with van der Waals surface area (Å²) < 4.78 is 7.83. The van der Waals surface area contributed by atoms with Gasteiger partial charge in [0.05, 0.1) is 6.20 Å². The summed E-state index contributed by atoms with van der Waals surface area (Å²) in [4.78, 5) is 0. The van der Waals surface area contributed by atoms with Crippen LogP contribution in [-0.2, 0) is 31.0 Å². The fourth-order valence-electron chi connectivity index (χ4n) is 4.37. The van der Waals surface area contributed by atoms with Crippen molar-refractivity contribution in [1.29, 1.82) is 0 Å². The summed E-state index contributed by atoms with van der Waals surface area (Å²) >= 11 is 0. The van der Waals surface area contributed by atoms with Gasteiger partial charge in [0.1, 0.15) is 6.10 Å². The summed E-state index contributed by atoms with van der Waals surface area (Å²) in [6.45, 7) is 3.11. The van der Waals surface area contributed by atoms with Crippen molar-refractivity contribution in [2.75, 3.05) is 6.61 Å². The van der Waals surface area contributed by atoms with Crippen LogP contribution in [0, 0.1) is 0 Å². The zero-order valence-electron chi connectivity index (χ0n) is 15.4. The number of fused-ring (bicyclic) bond motifs is 1. The molecule has 1 saturated heterocycles. The Hall–Kier alpha value is -1.65. The Labute approximate surface area is 150 Å². The van der Waals surface area contributed by atoms with E-state index in [2.05, 4.69) is 41.7 Å². The highest BCUT2D eigenvalue weighted by molar-refractivity contribution is 5.34. The Morgan fingerprint density at radius 2 is 2.12 bits per heavy atom. The highest BCUT2D eigenvalue weighted by Gasteiger charge is 2.31. The maximum absolute atomic E-state index is 5.97. The van der Waals surface area contributed by atoms with E-state index in [1.165, 1.54) is 36.8 Å². The maximum atomic E-state index is 5.97. The first-order chi connectivity index (χ1) is 12.2. The molecular formula is C21H29N3O. The van der Waals surface area contributed by atoms with Crippen molar-refractivity contribution in [3.05, 3.63) is 52.8 Å². The third-order valence-corrected chi connectivity index (χ3v) is 5.60. The van der Waals surface area contributed by atoms with E-state index in [9.17, 15) is 0 Å². The highest BCUT2D eigenvalue weighted by Crippen LogP contribution is 2.29. The Balaban J connectivity index is 1.39. The largest absolute Gasteiger partial charge is 0.372 e. The van der Waals surface area contributed by atoms with Gasteiger partial charge in [-0.3, -0.25) is 4.68 Å². The first-order valence-electron chi connectivity index (χ1n) is 9.66. The molecule has 134 valence electrons. The first-order valence-corrected chi connectivity index (χ1v) is 9.66. The van der Waals surface area contributed by atoms with E-state index in [0.29, 0.717) is 12.1 Å². The Kier molecular flexibility index (Phi) is 4.91. The van der Waals surface area contributed by atoms with E-state index in [4.69, 9.17) is 4.74 Å². The summed E-state index contributed by atoms with van der Waals surface area (Å²) in [7, 11) is 1.96. The lowest BCUT2D eigenvalue weighted by molar-refractivity contribution is 0.0967. The molecule has 25 heavy (non-hydrogen) atoms. The number of benzene rings is 1. The highest BCUT2D eigenvalue weighted by atomic mass is 16.5. The van der Waals surface area contributed by atoms with Crippen molar-refractivity contribution in [1.82, 2.24) is 15.1 Å². The average molecular weight is 339 g/mol. The topological polar surface area (TPSA) is 39.1 Å². The molecule has 0 spiro atoms. The van der Waals surface area contributed by atoms with Crippen molar-refractivity contribution >= 4 is 0 Å². The van der Waals surface area contributed by atoms with E-state index < -0.39 is 0 Å². The minimum atomic E-state index is 0.125. The molecule has 2 aromatic rings. The van der Waals surface area contributed by atoms with E-state index in [-0.39, 0.29) is 6.10 Å². The summed E-state index contributed by atoms with van der Waals surface area (Å²) in [6.07, 6.45) is 11.5. The van der Waals surface area contributed by atoms with Crippen LogP contribution in [0.1, 0.15) is 54.5 Å². The molecule has 1 aromatic carbocycles. The fourth-order valence-corrected chi connectivity index (χ4v) is 4.37. The molecule has 3 atom stereocenters. The predicted molar refractivity (Wildman–Crippen MR) is 99.7 cm³/mol. The van der Waals surface area contributed by atoms with Gasteiger partial charge in [0.25, 0.3) is 0 Å². The maximum Gasteiger partial charge on any atom is 0.101 e. The van der Waals surface area contributed by atoms with Crippen molar-refractivity contribution in [2.24, 2.45) is 7.05 Å². The Bertz CT molecular complexity index is 724. The zero-order valence-corrected chi connectivity index (χ0v) is 15.4. The second-order valence-corrected chi connectivity index (χ2v) is 7.72. The second kappa shape index (κ2) is 7.30. The molecule has 4 nitrogen and oxygen atoms in total. The van der Waals surface area contributed by atoms with Crippen LogP contribution >= 0.6 is 0 Å². The number of nitrogens with zero attached hydrogens (tertiary/aromatic N) is 2. The van der Waals surface area contributed by atoms with Gasteiger partial charge in [-0.1, -0.05) is 18.2 Å². The normalized spacial score (nSPS) is 24.2. The molecule has 0 bridgehead atoms. The van der Waals surface area contributed by atoms with Gasteiger partial charge in [-0.2, -0.15) is 5.10 Å². The molecule has 1 aliphatic carbocycles. The number of aromatic nitrogens is 2. The van der Waals surface area contributed by atoms with Gasteiger partial charge in [0, 0.05) is 37.5 Å². The molecule has 1 unspecified atom stereocenters. The Morgan fingerprint density at radius 3 is 2.92 bits per heavy atom. The van der Waals surface area contributed by atoms with Crippen LogP contribution in [0.2, 0.25) is 0 Å². The van der Waals surface area contributed by atoms with Crippen molar-refractivity contribution in [3.8, 4) is 0 Å². The summed E-state index contributed by atoms with van der Waals surface area (Å²) in [6, 6.07) is 7.93.